The van der Waals surface area contributed by atoms with Crippen LogP contribution in [0, 0.1) is 6.92 Å². The van der Waals surface area contributed by atoms with Crippen LogP contribution in [0.1, 0.15) is 24.5 Å². The molecule has 0 atom stereocenters. The zero-order chi connectivity index (χ0) is 18.4. The molecule has 1 amide bonds. The Morgan fingerprint density at radius 2 is 1.85 bits per heavy atom. The second kappa shape index (κ2) is 8.63. The van der Waals surface area contributed by atoms with Gasteiger partial charge in [-0.25, -0.2) is 4.98 Å². The lowest BCUT2D eigenvalue weighted by Crippen LogP contribution is -2.12. The number of aryl methyl sites for hydroxylation is 2. The SMILES string of the molecule is CCOc1ccc(-c2csc(NC(=O)CCc3ccc(C)cc3)n2)cc1. The van der Waals surface area contributed by atoms with E-state index in [1.54, 1.807) is 0 Å². The van der Waals surface area contributed by atoms with Crippen LogP contribution < -0.4 is 10.1 Å². The summed E-state index contributed by atoms with van der Waals surface area (Å²) in [7, 11) is 0. The molecule has 5 heteroatoms. The summed E-state index contributed by atoms with van der Waals surface area (Å²) in [6.45, 7) is 4.66. The topological polar surface area (TPSA) is 51.2 Å². The third kappa shape index (κ3) is 4.92. The van der Waals surface area contributed by atoms with Gasteiger partial charge in [-0.1, -0.05) is 29.8 Å². The molecular formula is C21H22N2O2S. The maximum atomic E-state index is 12.2. The van der Waals surface area contributed by atoms with Crippen molar-refractivity contribution < 1.29 is 9.53 Å². The molecule has 1 aromatic heterocycles. The smallest absolute Gasteiger partial charge is 0.226 e. The Balaban J connectivity index is 1.55. The average molecular weight is 366 g/mol. The van der Waals surface area contributed by atoms with Crippen molar-refractivity contribution in [3.8, 4) is 17.0 Å². The van der Waals surface area contributed by atoms with Crippen LogP contribution in [-0.4, -0.2) is 17.5 Å². The summed E-state index contributed by atoms with van der Waals surface area (Å²) in [5, 5.41) is 5.47. The number of anilines is 1. The number of ether oxygens (including phenoxy) is 1. The lowest BCUT2D eigenvalue weighted by atomic mass is 10.1. The van der Waals surface area contributed by atoms with E-state index in [0.29, 0.717) is 18.2 Å². The first-order valence-electron chi connectivity index (χ1n) is 8.68. The monoisotopic (exact) mass is 366 g/mol. The molecule has 26 heavy (non-hydrogen) atoms. The van der Waals surface area contributed by atoms with E-state index in [0.717, 1.165) is 23.4 Å². The van der Waals surface area contributed by atoms with Crippen molar-refractivity contribution in [1.29, 1.82) is 0 Å². The van der Waals surface area contributed by atoms with Gasteiger partial charge in [-0.2, -0.15) is 0 Å². The van der Waals surface area contributed by atoms with E-state index in [4.69, 9.17) is 4.74 Å². The molecule has 0 spiro atoms. The van der Waals surface area contributed by atoms with Crippen molar-refractivity contribution in [3.63, 3.8) is 0 Å². The van der Waals surface area contributed by atoms with Crippen molar-refractivity contribution in [1.82, 2.24) is 4.98 Å². The predicted molar refractivity (Wildman–Crippen MR) is 107 cm³/mol. The minimum Gasteiger partial charge on any atom is -0.494 e. The third-order valence-corrected chi connectivity index (χ3v) is 4.73. The number of benzene rings is 2. The number of rotatable bonds is 7. The Morgan fingerprint density at radius 3 is 2.54 bits per heavy atom. The molecule has 0 saturated carbocycles. The van der Waals surface area contributed by atoms with Crippen LogP contribution in [0.3, 0.4) is 0 Å². The van der Waals surface area contributed by atoms with Gasteiger partial charge in [-0.3, -0.25) is 4.79 Å². The number of carbonyl (C=O) groups excluding carboxylic acids is 1. The molecule has 0 radical (unpaired) electrons. The summed E-state index contributed by atoms with van der Waals surface area (Å²) in [5.41, 5.74) is 4.25. The molecule has 2 aromatic carbocycles. The number of aromatic nitrogens is 1. The largest absolute Gasteiger partial charge is 0.494 e. The number of thiazole rings is 1. The summed E-state index contributed by atoms with van der Waals surface area (Å²) in [6, 6.07) is 16.1. The van der Waals surface area contributed by atoms with Gasteiger partial charge >= 0.3 is 0 Å². The Labute approximate surface area is 157 Å². The normalized spacial score (nSPS) is 10.5. The average Bonchev–Trinajstić information content (AvgIpc) is 3.10. The Kier molecular flexibility index (Phi) is 6.02. The first kappa shape index (κ1) is 18.1. The lowest BCUT2D eigenvalue weighted by molar-refractivity contribution is -0.116. The van der Waals surface area contributed by atoms with Crippen LogP contribution in [0.5, 0.6) is 5.75 Å². The molecule has 0 bridgehead atoms. The summed E-state index contributed by atoms with van der Waals surface area (Å²) in [4.78, 5) is 16.7. The van der Waals surface area contributed by atoms with Crippen molar-refractivity contribution in [2.75, 3.05) is 11.9 Å². The lowest BCUT2D eigenvalue weighted by Gasteiger charge is -2.04. The molecule has 0 aliphatic heterocycles. The standard InChI is InChI=1S/C21H22N2O2S/c1-3-25-18-11-9-17(10-12-18)19-14-26-21(22-19)23-20(24)13-8-16-6-4-15(2)5-7-16/h4-7,9-12,14H,3,8,13H2,1-2H3,(H,22,23,24). The van der Waals surface area contributed by atoms with Crippen LogP contribution in [0.2, 0.25) is 0 Å². The Bertz CT molecular complexity index is 854. The summed E-state index contributed by atoms with van der Waals surface area (Å²) >= 11 is 1.44. The molecule has 0 aliphatic carbocycles. The molecule has 1 N–H and O–H groups in total. The summed E-state index contributed by atoms with van der Waals surface area (Å²) in [5.74, 6) is 0.828. The van der Waals surface area contributed by atoms with Gasteiger partial charge in [0.1, 0.15) is 5.75 Å². The molecule has 0 aliphatic rings. The fourth-order valence-corrected chi connectivity index (χ4v) is 3.28. The molecule has 4 nitrogen and oxygen atoms in total. The van der Waals surface area contributed by atoms with Crippen LogP contribution >= 0.6 is 11.3 Å². The number of nitrogens with zero attached hydrogens (tertiary/aromatic N) is 1. The second-order valence-electron chi connectivity index (χ2n) is 6.03. The first-order chi connectivity index (χ1) is 12.6. The van der Waals surface area contributed by atoms with Crippen LogP contribution in [-0.2, 0) is 11.2 Å². The van der Waals surface area contributed by atoms with Crippen molar-refractivity contribution in [3.05, 3.63) is 65.0 Å². The number of hydrogen-bond donors (Lipinski definition) is 1. The van der Waals surface area contributed by atoms with Gasteiger partial charge in [0.25, 0.3) is 0 Å². The van der Waals surface area contributed by atoms with Crippen molar-refractivity contribution in [2.24, 2.45) is 0 Å². The van der Waals surface area contributed by atoms with Crippen LogP contribution in [0.25, 0.3) is 11.3 Å². The van der Waals surface area contributed by atoms with Crippen LogP contribution in [0.15, 0.2) is 53.9 Å². The highest BCUT2D eigenvalue weighted by atomic mass is 32.1. The third-order valence-electron chi connectivity index (χ3n) is 3.97. The summed E-state index contributed by atoms with van der Waals surface area (Å²) in [6.07, 6.45) is 1.17. The second-order valence-corrected chi connectivity index (χ2v) is 6.89. The quantitative estimate of drug-likeness (QED) is 0.634. The molecule has 134 valence electrons. The van der Waals surface area contributed by atoms with E-state index in [1.807, 2.05) is 36.6 Å². The maximum Gasteiger partial charge on any atom is 0.226 e. The van der Waals surface area contributed by atoms with E-state index in [1.165, 1.54) is 22.5 Å². The van der Waals surface area contributed by atoms with Gasteiger partial charge in [0.05, 0.1) is 12.3 Å². The zero-order valence-electron chi connectivity index (χ0n) is 15.0. The number of amides is 1. The molecule has 0 fully saturated rings. The predicted octanol–water partition coefficient (Wildman–Crippen LogP) is 5.09. The van der Waals surface area contributed by atoms with Gasteiger partial charge in [-0.05, 0) is 50.1 Å². The number of nitrogens with one attached hydrogen (secondary N) is 1. The van der Waals surface area contributed by atoms with Gasteiger partial charge in [0, 0.05) is 17.4 Å². The molecule has 0 unspecified atom stereocenters. The minimum atomic E-state index is -0.0156. The highest BCUT2D eigenvalue weighted by molar-refractivity contribution is 7.14. The van der Waals surface area contributed by atoms with Crippen molar-refractivity contribution in [2.45, 2.75) is 26.7 Å². The number of hydrogen-bond acceptors (Lipinski definition) is 4. The molecule has 3 rings (SSSR count). The van der Waals surface area contributed by atoms with E-state index in [-0.39, 0.29) is 5.91 Å². The van der Waals surface area contributed by atoms with E-state index in [2.05, 4.69) is 41.5 Å². The van der Waals surface area contributed by atoms with E-state index < -0.39 is 0 Å². The highest BCUT2D eigenvalue weighted by Crippen LogP contribution is 2.26. The van der Waals surface area contributed by atoms with E-state index in [9.17, 15) is 4.79 Å². The van der Waals surface area contributed by atoms with Gasteiger partial charge in [0.15, 0.2) is 5.13 Å². The van der Waals surface area contributed by atoms with E-state index >= 15 is 0 Å². The molecule has 1 heterocycles. The molecular weight excluding hydrogens is 344 g/mol. The maximum absolute atomic E-state index is 12.2. The van der Waals surface area contributed by atoms with Gasteiger partial charge < -0.3 is 10.1 Å². The molecule has 3 aromatic rings. The van der Waals surface area contributed by atoms with Gasteiger partial charge in [-0.15, -0.1) is 11.3 Å². The summed E-state index contributed by atoms with van der Waals surface area (Å²) < 4.78 is 5.45. The number of carbonyl (C=O) groups is 1. The fraction of sp³-hybridized carbons (Fsp3) is 0.238. The Hall–Kier alpha value is -2.66. The fourth-order valence-electron chi connectivity index (χ4n) is 2.55. The van der Waals surface area contributed by atoms with Gasteiger partial charge in [0.2, 0.25) is 5.91 Å². The first-order valence-corrected chi connectivity index (χ1v) is 9.56. The highest BCUT2D eigenvalue weighted by Gasteiger charge is 2.09. The molecule has 0 saturated heterocycles. The Morgan fingerprint density at radius 1 is 1.12 bits per heavy atom. The van der Waals surface area contributed by atoms with Crippen molar-refractivity contribution >= 4 is 22.4 Å². The minimum absolute atomic E-state index is 0.0156. The van der Waals surface area contributed by atoms with Crippen LogP contribution in [0.4, 0.5) is 5.13 Å². The zero-order valence-corrected chi connectivity index (χ0v) is 15.8.